The molecule has 0 N–H and O–H groups in total. The van der Waals surface area contributed by atoms with Gasteiger partial charge >= 0.3 is 0 Å². The van der Waals surface area contributed by atoms with Crippen LogP contribution in [0.2, 0.25) is 0 Å². The van der Waals surface area contributed by atoms with Crippen LogP contribution in [0.5, 0.6) is 0 Å². The number of hydrogen-bond donors (Lipinski definition) is 0. The Labute approximate surface area is 115 Å². The van der Waals surface area contributed by atoms with Gasteiger partial charge in [-0.1, -0.05) is 69.3 Å². The smallest absolute Gasteiger partial charge is 0.0145 e. The molecule has 19 heavy (non-hydrogen) atoms. The molecule has 0 aliphatic carbocycles. The SMILES string of the molecule is CC(C)(C)Cc1c2ccccc2cc2ccccc12. The zero-order valence-corrected chi connectivity index (χ0v) is 11.9. The molecule has 0 fully saturated rings. The summed E-state index contributed by atoms with van der Waals surface area (Å²) in [4.78, 5) is 0. The normalized spacial score (nSPS) is 12.2. The Kier molecular flexibility index (Phi) is 2.82. The summed E-state index contributed by atoms with van der Waals surface area (Å²) in [6.45, 7) is 6.93. The second-order valence-corrected chi connectivity index (χ2v) is 6.53. The van der Waals surface area contributed by atoms with E-state index in [-0.39, 0.29) is 0 Å². The van der Waals surface area contributed by atoms with Crippen LogP contribution in [0.4, 0.5) is 0 Å². The lowest BCUT2D eigenvalue weighted by atomic mass is 9.84. The maximum Gasteiger partial charge on any atom is -0.0145 e. The van der Waals surface area contributed by atoms with Crippen LogP contribution < -0.4 is 0 Å². The van der Waals surface area contributed by atoms with Crippen molar-refractivity contribution in [3.8, 4) is 0 Å². The van der Waals surface area contributed by atoms with Crippen molar-refractivity contribution in [3.63, 3.8) is 0 Å². The largest absolute Gasteiger partial charge is 0.0616 e. The van der Waals surface area contributed by atoms with E-state index in [1.807, 2.05) is 0 Å². The molecule has 3 aromatic carbocycles. The van der Waals surface area contributed by atoms with Crippen molar-refractivity contribution in [1.82, 2.24) is 0 Å². The van der Waals surface area contributed by atoms with E-state index < -0.39 is 0 Å². The summed E-state index contributed by atoms with van der Waals surface area (Å²) in [5, 5.41) is 5.49. The third kappa shape index (κ3) is 2.35. The van der Waals surface area contributed by atoms with Gasteiger partial charge in [-0.25, -0.2) is 0 Å². The molecule has 0 aliphatic heterocycles. The first kappa shape index (κ1) is 12.2. The lowest BCUT2D eigenvalue weighted by molar-refractivity contribution is 0.414. The molecular weight excluding hydrogens is 228 g/mol. The van der Waals surface area contributed by atoms with Crippen LogP contribution in [-0.2, 0) is 6.42 Å². The molecule has 0 saturated heterocycles. The Balaban J connectivity index is 2.39. The van der Waals surface area contributed by atoms with Crippen LogP contribution in [0, 0.1) is 5.41 Å². The number of rotatable bonds is 1. The van der Waals surface area contributed by atoms with E-state index in [1.54, 1.807) is 0 Å². The number of benzene rings is 3. The van der Waals surface area contributed by atoms with Crippen molar-refractivity contribution in [3.05, 3.63) is 60.2 Å². The Bertz CT molecular complexity index is 676. The molecule has 0 bridgehead atoms. The average molecular weight is 248 g/mol. The Morgan fingerprint density at radius 1 is 0.737 bits per heavy atom. The second kappa shape index (κ2) is 4.38. The van der Waals surface area contributed by atoms with Crippen molar-refractivity contribution in [2.45, 2.75) is 27.2 Å². The molecule has 0 radical (unpaired) electrons. The molecule has 0 heterocycles. The second-order valence-electron chi connectivity index (χ2n) is 6.53. The first-order chi connectivity index (χ1) is 9.04. The van der Waals surface area contributed by atoms with Gasteiger partial charge in [0.15, 0.2) is 0 Å². The monoisotopic (exact) mass is 248 g/mol. The van der Waals surface area contributed by atoms with Crippen molar-refractivity contribution in [2.75, 3.05) is 0 Å². The van der Waals surface area contributed by atoms with E-state index in [1.165, 1.54) is 27.1 Å². The van der Waals surface area contributed by atoms with Crippen LogP contribution in [-0.4, -0.2) is 0 Å². The Morgan fingerprint density at radius 2 is 1.21 bits per heavy atom. The minimum absolute atomic E-state index is 0.299. The molecule has 0 unspecified atom stereocenters. The van der Waals surface area contributed by atoms with E-state index in [9.17, 15) is 0 Å². The van der Waals surface area contributed by atoms with E-state index in [4.69, 9.17) is 0 Å². The zero-order valence-electron chi connectivity index (χ0n) is 11.9. The highest BCUT2D eigenvalue weighted by Crippen LogP contribution is 2.33. The lowest BCUT2D eigenvalue weighted by Gasteiger charge is -2.21. The van der Waals surface area contributed by atoms with Crippen LogP contribution in [0.3, 0.4) is 0 Å². The standard InChI is InChI=1S/C19H20/c1-19(2,3)13-18-16-10-6-4-8-14(16)12-15-9-5-7-11-17(15)18/h4-12H,13H2,1-3H3. The van der Waals surface area contributed by atoms with Gasteiger partial charge in [0, 0.05) is 0 Å². The zero-order chi connectivity index (χ0) is 13.5. The molecule has 0 heteroatoms. The quantitative estimate of drug-likeness (QED) is 0.493. The first-order valence-corrected chi connectivity index (χ1v) is 6.94. The number of hydrogen-bond acceptors (Lipinski definition) is 0. The van der Waals surface area contributed by atoms with Gasteiger partial charge in [-0.3, -0.25) is 0 Å². The summed E-state index contributed by atoms with van der Waals surface area (Å²) in [5.74, 6) is 0. The summed E-state index contributed by atoms with van der Waals surface area (Å²) >= 11 is 0. The van der Waals surface area contributed by atoms with Crippen LogP contribution in [0.1, 0.15) is 26.3 Å². The summed E-state index contributed by atoms with van der Waals surface area (Å²) in [6, 6.07) is 19.8. The summed E-state index contributed by atoms with van der Waals surface area (Å²) in [6.07, 6.45) is 1.11. The van der Waals surface area contributed by atoms with Crippen molar-refractivity contribution in [2.24, 2.45) is 5.41 Å². The van der Waals surface area contributed by atoms with Crippen LogP contribution in [0.15, 0.2) is 54.6 Å². The van der Waals surface area contributed by atoms with Crippen LogP contribution in [0.25, 0.3) is 21.5 Å². The van der Waals surface area contributed by atoms with Gasteiger partial charge in [-0.15, -0.1) is 0 Å². The lowest BCUT2D eigenvalue weighted by Crippen LogP contribution is -2.10. The highest BCUT2D eigenvalue weighted by molar-refractivity contribution is 6.02. The van der Waals surface area contributed by atoms with Crippen molar-refractivity contribution < 1.29 is 0 Å². The summed E-state index contributed by atoms with van der Waals surface area (Å²) < 4.78 is 0. The van der Waals surface area contributed by atoms with Gasteiger partial charge in [0.25, 0.3) is 0 Å². The minimum atomic E-state index is 0.299. The van der Waals surface area contributed by atoms with Gasteiger partial charge in [0.05, 0.1) is 0 Å². The molecule has 96 valence electrons. The van der Waals surface area contributed by atoms with Gasteiger partial charge in [-0.05, 0) is 45.0 Å². The molecule has 0 spiro atoms. The third-order valence-corrected chi connectivity index (χ3v) is 3.59. The number of fused-ring (bicyclic) bond motifs is 2. The van der Waals surface area contributed by atoms with E-state index in [0.717, 1.165) is 6.42 Å². The maximum absolute atomic E-state index is 2.31. The molecular formula is C19H20. The van der Waals surface area contributed by atoms with Gasteiger partial charge in [-0.2, -0.15) is 0 Å². The Morgan fingerprint density at radius 3 is 1.68 bits per heavy atom. The fourth-order valence-electron chi connectivity index (χ4n) is 2.83. The highest BCUT2D eigenvalue weighted by atomic mass is 14.2. The Hall–Kier alpha value is -1.82. The third-order valence-electron chi connectivity index (χ3n) is 3.59. The molecule has 0 aromatic heterocycles. The molecule has 0 atom stereocenters. The highest BCUT2D eigenvalue weighted by Gasteiger charge is 2.15. The average Bonchev–Trinajstić information content (AvgIpc) is 2.37. The topological polar surface area (TPSA) is 0 Å². The van der Waals surface area contributed by atoms with Crippen LogP contribution >= 0.6 is 0 Å². The minimum Gasteiger partial charge on any atom is -0.0616 e. The van der Waals surface area contributed by atoms with Gasteiger partial charge in [0.1, 0.15) is 0 Å². The van der Waals surface area contributed by atoms with Gasteiger partial charge in [0.2, 0.25) is 0 Å². The molecule has 0 nitrogen and oxygen atoms in total. The summed E-state index contributed by atoms with van der Waals surface area (Å²) in [5.41, 5.74) is 1.79. The first-order valence-electron chi connectivity index (χ1n) is 6.94. The summed E-state index contributed by atoms with van der Waals surface area (Å²) in [7, 11) is 0. The van der Waals surface area contributed by atoms with E-state index in [0.29, 0.717) is 5.41 Å². The van der Waals surface area contributed by atoms with E-state index >= 15 is 0 Å². The predicted octanol–water partition coefficient (Wildman–Crippen LogP) is 5.58. The van der Waals surface area contributed by atoms with E-state index in [2.05, 4.69) is 75.4 Å². The van der Waals surface area contributed by atoms with Gasteiger partial charge < -0.3 is 0 Å². The molecule has 3 rings (SSSR count). The fourth-order valence-corrected chi connectivity index (χ4v) is 2.83. The molecule has 0 saturated carbocycles. The molecule has 3 aromatic rings. The van der Waals surface area contributed by atoms with Crippen molar-refractivity contribution >= 4 is 21.5 Å². The molecule has 0 aliphatic rings. The maximum atomic E-state index is 2.31. The predicted molar refractivity (Wildman–Crippen MR) is 84.6 cm³/mol. The molecule has 0 amide bonds. The fraction of sp³-hybridized carbons (Fsp3) is 0.263. The van der Waals surface area contributed by atoms with Crippen molar-refractivity contribution in [1.29, 1.82) is 0 Å².